The van der Waals surface area contributed by atoms with Crippen LogP contribution < -0.4 is 4.74 Å². The Hall–Kier alpha value is 0.0664. The van der Waals surface area contributed by atoms with Crippen molar-refractivity contribution in [3.8, 4) is 5.75 Å². The standard InChI is InChI=1S/C7H5BrFO.Os/c1-10-7-3-2-5(8)4-6(7)9;/h3-4H,1H3;/q-1;+2. The first kappa shape index (κ1) is 11.1. The minimum Gasteiger partial charge on any atom is -0.551 e. The van der Waals surface area contributed by atoms with Gasteiger partial charge in [-0.3, -0.25) is 0 Å². The number of hydrogen-bond donors (Lipinski definition) is 0. The van der Waals surface area contributed by atoms with Crippen LogP contribution in [0.4, 0.5) is 4.39 Å². The molecule has 0 aliphatic rings. The molecule has 0 fully saturated rings. The van der Waals surface area contributed by atoms with Crippen molar-refractivity contribution in [2.75, 3.05) is 7.11 Å². The predicted octanol–water partition coefficient (Wildman–Crippen LogP) is 2.39. The van der Waals surface area contributed by atoms with Crippen LogP contribution in [0.15, 0.2) is 16.6 Å². The van der Waals surface area contributed by atoms with Crippen LogP contribution in [0.1, 0.15) is 0 Å². The zero-order valence-electron chi connectivity index (χ0n) is 5.67. The summed E-state index contributed by atoms with van der Waals surface area (Å²) in [6.45, 7) is 0. The molecule has 0 atom stereocenters. The van der Waals surface area contributed by atoms with Crippen LogP contribution >= 0.6 is 15.9 Å². The summed E-state index contributed by atoms with van der Waals surface area (Å²) < 4.78 is 17.9. The number of benzene rings is 1. The maximum absolute atomic E-state index is 12.7. The minimum atomic E-state index is -0.381. The Morgan fingerprint density at radius 3 is 2.73 bits per heavy atom. The summed E-state index contributed by atoms with van der Waals surface area (Å²) in [6, 6.07) is 5.49. The van der Waals surface area contributed by atoms with Gasteiger partial charge in [0.2, 0.25) is 0 Å². The van der Waals surface area contributed by atoms with Gasteiger partial charge in [-0.15, -0.1) is 12.1 Å². The Kier molecular flexibility index (Phi) is 4.88. The third kappa shape index (κ3) is 2.89. The van der Waals surface area contributed by atoms with Gasteiger partial charge in [0.25, 0.3) is 0 Å². The molecule has 11 heavy (non-hydrogen) atoms. The summed E-state index contributed by atoms with van der Waals surface area (Å²) in [6.07, 6.45) is 0. The molecule has 0 radical (unpaired) electrons. The molecule has 0 saturated carbocycles. The van der Waals surface area contributed by atoms with Gasteiger partial charge in [0.1, 0.15) is 0 Å². The first-order valence-corrected chi connectivity index (χ1v) is 3.44. The molecule has 0 spiro atoms. The first-order valence-electron chi connectivity index (χ1n) is 2.65. The molecular formula is C7H5BrFOOs+. The molecule has 0 saturated heterocycles. The maximum Gasteiger partial charge on any atom is 2.00 e. The van der Waals surface area contributed by atoms with Crippen LogP contribution in [0.25, 0.3) is 0 Å². The molecule has 0 aliphatic heterocycles. The van der Waals surface area contributed by atoms with Crippen molar-refractivity contribution in [3.63, 3.8) is 0 Å². The van der Waals surface area contributed by atoms with Crippen molar-refractivity contribution in [1.82, 2.24) is 0 Å². The van der Waals surface area contributed by atoms with E-state index in [0.29, 0.717) is 4.47 Å². The van der Waals surface area contributed by atoms with Crippen LogP contribution in [0, 0.1) is 11.9 Å². The number of halogens is 2. The zero-order valence-corrected chi connectivity index (χ0v) is 9.80. The molecule has 1 aromatic carbocycles. The molecule has 0 heterocycles. The fourth-order valence-corrected chi connectivity index (χ4v) is 0.899. The van der Waals surface area contributed by atoms with Gasteiger partial charge in [-0.1, -0.05) is 20.4 Å². The number of rotatable bonds is 1. The Balaban J connectivity index is 0.000001000. The molecule has 0 N–H and O–H groups in total. The molecule has 0 unspecified atom stereocenters. The normalized spacial score (nSPS) is 8.64. The first-order chi connectivity index (χ1) is 4.74. The smallest absolute Gasteiger partial charge is 0.551 e. The summed E-state index contributed by atoms with van der Waals surface area (Å²) in [7, 11) is 1.42. The van der Waals surface area contributed by atoms with Gasteiger partial charge in [0.05, 0.1) is 12.9 Å². The summed E-state index contributed by atoms with van der Waals surface area (Å²) in [5, 5.41) is 0. The van der Waals surface area contributed by atoms with Crippen LogP contribution in [-0.4, -0.2) is 7.11 Å². The summed E-state index contributed by atoms with van der Waals surface area (Å²) >= 11 is 3.07. The fraction of sp³-hybridized carbons (Fsp3) is 0.143. The van der Waals surface area contributed by atoms with Crippen LogP contribution in [-0.2, 0) is 19.8 Å². The van der Waals surface area contributed by atoms with Crippen molar-refractivity contribution >= 4 is 15.9 Å². The van der Waals surface area contributed by atoms with E-state index >= 15 is 0 Å². The van der Waals surface area contributed by atoms with Gasteiger partial charge < -0.3 is 4.74 Å². The summed E-state index contributed by atoms with van der Waals surface area (Å²) in [5.74, 6) is -0.170. The second-order valence-corrected chi connectivity index (χ2v) is 2.55. The fourth-order valence-electron chi connectivity index (χ4n) is 0.584. The number of ether oxygens (including phenoxy) is 1. The van der Waals surface area contributed by atoms with Crippen molar-refractivity contribution in [2.24, 2.45) is 0 Å². The largest absolute Gasteiger partial charge is 2.00 e. The Bertz CT molecular complexity index is 242. The Morgan fingerprint density at radius 1 is 1.64 bits per heavy atom. The van der Waals surface area contributed by atoms with E-state index in [1.807, 2.05) is 0 Å². The second kappa shape index (κ2) is 4.85. The van der Waals surface area contributed by atoms with Crippen molar-refractivity contribution < 1.29 is 28.9 Å². The van der Waals surface area contributed by atoms with Gasteiger partial charge in [0.15, 0.2) is 0 Å². The average molecular weight is 394 g/mol. The predicted molar refractivity (Wildman–Crippen MR) is 39.5 cm³/mol. The molecule has 1 nitrogen and oxygen atoms in total. The van der Waals surface area contributed by atoms with Crippen LogP contribution in [0.2, 0.25) is 0 Å². The molecule has 1 aromatic rings. The molecule has 0 aliphatic carbocycles. The van der Waals surface area contributed by atoms with Gasteiger partial charge >= 0.3 is 19.8 Å². The zero-order chi connectivity index (χ0) is 7.56. The number of hydrogen-bond acceptors (Lipinski definition) is 1. The molecule has 4 heteroatoms. The van der Waals surface area contributed by atoms with Crippen LogP contribution in [0.3, 0.4) is 0 Å². The third-order valence-corrected chi connectivity index (χ3v) is 1.51. The molecule has 0 amide bonds. The maximum atomic E-state index is 12.7. The van der Waals surface area contributed by atoms with E-state index in [-0.39, 0.29) is 31.4 Å². The second-order valence-electron chi connectivity index (χ2n) is 1.70. The average Bonchev–Trinajstić information content (AvgIpc) is 1.88. The summed E-state index contributed by atoms with van der Waals surface area (Å²) in [5.41, 5.74) is 0. The molecule has 0 bridgehead atoms. The van der Waals surface area contributed by atoms with Crippen molar-refractivity contribution in [3.05, 3.63) is 28.5 Å². The van der Waals surface area contributed by atoms with Gasteiger partial charge in [-0.05, 0) is 0 Å². The molecule has 1 rings (SSSR count). The van der Waals surface area contributed by atoms with E-state index in [9.17, 15) is 4.39 Å². The Morgan fingerprint density at radius 2 is 2.27 bits per heavy atom. The monoisotopic (exact) mass is 395 g/mol. The van der Waals surface area contributed by atoms with E-state index in [2.05, 4.69) is 26.7 Å². The summed E-state index contributed by atoms with van der Waals surface area (Å²) in [4.78, 5) is 0. The van der Waals surface area contributed by atoms with E-state index in [0.717, 1.165) is 0 Å². The van der Waals surface area contributed by atoms with E-state index in [4.69, 9.17) is 0 Å². The quantitative estimate of drug-likeness (QED) is 0.665. The van der Waals surface area contributed by atoms with Crippen molar-refractivity contribution in [1.29, 1.82) is 0 Å². The number of methoxy groups -OCH3 is 1. The molecule has 60 valence electrons. The van der Waals surface area contributed by atoms with Gasteiger partial charge in [-0.25, -0.2) is 4.39 Å². The van der Waals surface area contributed by atoms with E-state index in [1.165, 1.54) is 19.2 Å². The van der Waals surface area contributed by atoms with Crippen LogP contribution in [0.5, 0.6) is 5.75 Å². The van der Waals surface area contributed by atoms with E-state index in [1.54, 1.807) is 0 Å². The Labute approximate surface area is 86.1 Å². The third-order valence-electron chi connectivity index (χ3n) is 1.05. The van der Waals surface area contributed by atoms with Gasteiger partial charge in [0, 0.05) is 5.75 Å². The minimum absolute atomic E-state index is 0. The van der Waals surface area contributed by atoms with Crippen molar-refractivity contribution in [2.45, 2.75) is 0 Å². The van der Waals surface area contributed by atoms with E-state index < -0.39 is 0 Å². The molecule has 0 aromatic heterocycles. The topological polar surface area (TPSA) is 9.23 Å². The van der Waals surface area contributed by atoms with Gasteiger partial charge in [-0.2, -0.15) is 6.07 Å². The SMILES string of the molecule is COc1c[c-]c(Br)cc1F.[Os+2]. The molecular weight excluding hydrogens is 389 g/mol.